The van der Waals surface area contributed by atoms with E-state index in [4.69, 9.17) is 16.3 Å². The lowest BCUT2D eigenvalue weighted by Crippen LogP contribution is -2.39. The summed E-state index contributed by atoms with van der Waals surface area (Å²) in [5.74, 6) is 0.782. The molecule has 2 aromatic carbocycles. The predicted molar refractivity (Wildman–Crippen MR) is 123 cm³/mol. The number of anilines is 1. The average molecular weight is 463 g/mol. The summed E-state index contributed by atoms with van der Waals surface area (Å²) in [7, 11) is -2.41. The fourth-order valence-electron chi connectivity index (χ4n) is 3.71. The van der Waals surface area contributed by atoms with Gasteiger partial charge in [-0.1, -0.05) is 24.6 Å². The molecule has 0 aromatic heterocycles. The van der Waals surface area contributed by atoms with Crippen LogP contribution in [0.1, 0.15) is 30.1 Å². The summed E-state index contributed by atoms with van der Waals surface area (Å²) in [5.41, 5.74) is 0.665. The third-order valence-electron chi connectivity index (χ3n) is 5.36. The van der Waals surface area contributed by atoms with Crippen molar-refractivity contribution in [2.45, 2.75) is 24.7 Å². The van der Waals surface area contributed by atoms with Crippen molar-refractivity contribution in [2.75, 3.05) is 31.0 Å². The third kappa shape index (κ3) is 5.05. The predicted octanol–water partition coefficient (Wildman–Crippen LogP) is 4.60. The number of carbonyl (C=O) groups excluding carboxylic acids is 1. The highest BCUT2D eigenvalue weighted by molar-refractivity contribution is 7.92. The number of halogens is 1. The fraction of sp³-hybridized carbons (Fsp3) is 0.348. The number of ether oxygens (including phenoxy) is 1. The second kappa shape index (κ2) is 9.75. The minimum Gasteiger partial charge on any atom is -0.497 e. The van der Waals surface area contributed by atoms with Crippen molar-refractivity contribution >= 4 is 33.2 Å². The molecule has 1 aliphatic heterocycles. The van der Waals surface area contributed by atoms with Gasteiger partial charge in [-0.15, -0.1) is 6.58 Å². The van der Waals surface area contributed by atoms with Crippen molar-refractivity contribution < 1.29 is 17.9 Å². The van der Waals surface area contributed by atoms with Gasteiger partial charge >= 0.3 is 0 Å². The molecule has 1 amide bonds. The SMILES string of the molecule is C=CCN(c1ccc(OC)cc1)S(=O)(=O)c1ccc(Cl)c(C(=O)N2CCCC(C)C2)c1. The Kier molecular flexibility index (Phi) is 7.28. The van der Waals surface area contributed by atoms with Crippen molar-refractivity contribution in [2.24, 2.45) is 5.92 Å². The lowest BCUT2D eigenvalue weighted by molar-refractivity contribution is 0.0683. The van der Waals surface area contributed by atoms with E-state index < -0.39 is 10.0 Å². The Morgan fingerprint density at radius 3 is 2.61 bits per heavy atom. The number of hydrogen-bond donors (Lipinski definition) is 0. The molecule has 0 spiro atoms. The molecule has 0 bridgehead atoms. The van der Waals surface area contributed by atoms with Gasteiger partial charge in [0, 0.05) is 13.1 Å². The monoisotopic (exact) mass is 462 g/mol. The molecule has 0 N–H and O–H groups in total. The summed E-state index contributed by atoms with van der Waals surface area (Å²) in [6.45, 7) is 7.14. The number of amides is 1. The molecule has 6 nitrogen and oxygen atoms in total. The van der Waals surface area contributed by atoms with Crippen LogP contribution in [0.25, 0.3) is 0 Å². The summed E-state index contributed by atoms with van der Waals surface area (Å²) in [6, 6.07) is 11.0. The van der Waals surface area contributed by atoms with Gasteiger partial charge in [0.05, 0.1) is 34.8 Å². The fourth-order valence-corrected chi connectivity index (χ4v) is 5.37. The zero-order valence-corrected chi connectivity index (χ0v) is 19.3. The Morgan fingerprint density at radius 1 is 1.29 bits per heavy atom. The van der Waals surface area contributed by atoms with E-state index in [-0.39, 0.29) is 27.9 Å². The van der Waals surface area contributed by atoms with Crippen LogP contribution in [0.2, 0.25) is 5.02 Å². The molecule has 166 valence electrons. The van der Waals surface area contributed by atoms with Gasteiger partial charge < -0.3 is 9.64 Å². The first-order valence-electron chi connectivity index (χ1n) is 10.1. The molecule has 0 radical (unpaired) electrons. The normalized spacial score (nSPS) is 16.6. The summed E-state index contributed by atoms with van der Waals surface area (Å²) in [6.07, 6.45) is 3.51. The number of likely N-dealkylation sites (tertiary alicyclic amines) is 1. The van der Waals surface area contributed by atoms with Crippen LogP contribution in [0.15, 0.2) is 60.0 Å². The van der Waals surface area contributed by atoms with Gasteiger partial charge in [-0.05, 0) is 61.2 Å². The Hall–Kier alpha value is -2.51. The summed E-state index contributed by atoms with van der Waals surface area (Å²) in [5, 5.41) is 0.238. The standard InChI is InChI=1S/C23H27ClN2O4S/c1-4-13-26(18-7-9-19(30-3)10-8-18)31(28,29)20-11-12-22(24)21(15-20)23(27)25-14-5-6-17(2)16-25/h4,7-12,15,17H,1,5-6,13-14,16H2,2-3H3. The number of carbonyl (C=O) groups is 1. The van der Waals surface area contributed by atoms with Gasteiger partial charge in [-0.3, -0.25) is 9.10 Å². The number of nitrogens with zero attached hydrogens (tertiary/aromatic N) is 2. The Morgan fingerprint density at radius 2 is 2.00 bits per heavy atom. The molecule has 0 aliphatic carbocycles. The maximum Gasteiger partial charge on any atom is 0.264 e. The topological polar surface area (TPSA) is 66.9 Å². The number of hydrogen-bond acceptors (Lipinski definition) is 4. The molecule has 1 aliphatic rings. The van der Waals surface area contributed by atoms with Crippen molar-refractivity contribution in [1.82, 2.24) is 4.90 Å². The van der Waals surface area contributed by atoms with Crippen LogP contribution >= 0.6 is 11.6 Å². The van der Waals surface area contributed by atoms with E-state index in [1.807, 2.05) is 0 Å². The zero-order chi connectivity index (χ0) is 22.6. The van der Waals surface area contributed by atoms with Crippen molar-refractivity contribution in [3.8, 4) is 5.75 Å². The van der Waals surface area contributed by atoms with E-state index in [2.05, 4.69) is 13.5 Å². The van der Waals surface area contributed by atoms with E-state index in [0.29, 0.717) is 30.4 Å². The van der Waals surface area contributed by atoms with Gasteiger partial charge in [-0.2, -0.15) is 0 Å². The number of benzene rings is 2. The lowest BCUT2D eigenvalue weighted by Gasteiger charge is -2.31. The summed E-state index contributed by atoms with van der Waals surface area (Å²) < 4.78 is 33.3. The molecule has 1 saturated heterocycles. The molecule has 3 rings (SSSR count). The highest BCUT2D eigenvalue weighted by Gasteiger charge is 2.28. The second-order valence-electron chi connectivity index (χ2n) is 7.66. The molecule has 31 heavy (non-hydrogen) atoms. The van der Waals surface area contributed by atoms with E-state index in [0.717, 1.165) is 12.8 Å². The third-order valence-corrected chi connectivity index (χ3v) is 7.48. The van der Waals surface area contributed by atoms with Gasteiger partial charge in [0.15, 0.2) is 0 Å². The quantitative estimate of drug-likeness (QED) is 0.564. The maximum atomic E-state index is 13.5. The minimum absolute atomic E-state index is 0.00276. The first-order chi connectivity index (χ1) is 14.8. The highest BCUT2D eigenvalue weighted by Crippen LogP contribution is 2.29. The average Bonchev–Trinajstić information content (AvgIpc) is 2.77. The molecule has 1 unspecified atom stereocenters. The first-order valence-corrected chi connectivity index (χ1v) is 12.0. The largest absolute Gasteiger partial charge is 0.497 e. The van der Waals surface area contributed by atoms with Crippen LogP contribution in [-0.2, 0) is 10.0 Å². The van der Waals surface area contributed by atoms with E-state index in [1.54, 1.807) is 36.3 Å². The number of methoxy groups -OCH3 is 1. The smallest absolute Gasteiger partial charge is 0.264 e. The zero-order valence-electron chi connectivity index (χ0n) is 17.8. The number of sulfonamides is 1. The van der Waals surface area contributed by atoms with Gasteiger partial charge in [0.1, 0.15) is 5.75 Å². The molecule has 1 heterocycles. The Balaban J connectivity index is 1.98. The highest BCUT2D eigenvalue weighted by atomic mass is 35.5. The Bertz CT molecular complexity index is 1050. The summed E-state index contributed by atoms with van der Waals surface area (Å²) in [4.78, 5) is 14.8. The molecule has 2 aromatic rings. The molecule has 1 atom stereocenters. The van der Waals surface area contributed by atoms with E-state index >= 15 is 0 Å². The second-order valence-corrected chi connectivity index (χ2v) is 9.93. The van der Waals surface area contributed by atoms with Crippen LogP contribution in [0, 0.1) is 5.92 Å². The van der Waals surface area contributed by atoms with Crippen LogP contribution < -0.4 is 9.04 Å². The number of piperidine rings is 1. The van der Waals surface area contributed by atoms with Gasteiger partial charge in [0.25, 0.3) is 15.9 Å². The lowest BCUT2D eigenvalue weighted by atomic mass is 9.99. The van der Waals surface area contributed by atoms with Gasteiger partial charge in [0.2, 0.25) is 0 Å². The Labute approximate surface area is 189 Å². The van der Waals surface area contributed by atoms with Crippen molar-refractivity contribution in [3.63, 3.8) is 0 Å². The van der Waals surface area contributed by atoms with Crippen LogP contribution in [-0.4, -0.2) is 46.0 Å². The van der Waals surface area contributed by atoms with Crippen molar-refractivity contribution in [3.05, 3.63) is 65.7 Å². The van der Waals surface area contributed by atoms with E-state index in [1.165, 1.54) is 28.6 Å². The minimum atomic E-state index is -3.96. The molecule has 0 saturated carbocycles. The maximum absolute atomic E-state index is 13.5. The van der Waals surface area contributed by atoms with Gasteiger partial charge in [-0.25, -0.2) is 8.42 Å². The van der Waals surface area contributed by atoms with Crippen LogP contribution in [0.5, 0.6) is 5.75 Å². The molecular formula is C23H27ClN2O4S. The molecule has 1 fully saturated rings. The van der Waals surface area contributed by atoms with Crippen LogP contribution in [0.4, 0.5) is 5.69 Å². The molecular weight excluding hydrogens is 436 g/mol. The van der Waals surface area contributed by atoms with E-state index in [9.17, 15) is 13.2 Å². The number of rotatable bonds is 7. The summed E-state index contributed by atoms with van der Waals surface area (Å²) >= 11 is 6.30. The first kappa shape index (κ1) is 23.2. The molecule has 8 heteroatoms. The van der Waals surface area contributed by atoms with Crippen LogP contribution in [0.3, 0.4) is 0 Å². The van der Waals surface area contributed by atoms with Crippen molar-refractivity contribution in [1.29, 1.82) is 0 Å².